The first-order chi connectivity index (χ1) is 15.7. The predicted molar refractivity (Wildman–Crippen MR) is 147 cm³/mol. The van der Waals surface area contributed by atoms with Gasteiger partial charge >= 0.3 is 29.0 Å². The average Bonchev–Trinajstić information content (AvgIpc) is 3.28. The molecule has 9 aliphatic carbocycles. The predicted octanol–water partition coefficient (Wildman–Crippen LogP) is 4.04. The molecule has 0 atom stereocenters. The number of carbonyl (C=O) groups is 2. The molecule has 4 bridgehead atoms. The first-order valence-electron chi connectivity index (χ1n) is 14.0. The van der Waals surface area contributed by atoms with Gasteiger partial charge in [0.05, 0.1) is 5.41 Å². The van der Waals surface area contributed by atoms with Crippen LogP contribution in [0.25, 0.3) is 0 Å². The van der Waals surface area contributed by atoms with E-state index in [4.69, 9.17) is 5.11 Å². The summed E-state index contributed by atoms with van der Waals surface area (Å²) in [6, 6.07) is 0. The number of aliphatic carboxylic acids is 1. The molecule has 0 aromatic rings. The number of nitrogens with one attached hydrogen (secondary N) is 1. The van der Waals surface area contributed by atoms with Crippen LogP contribution in [0, 0.1) is 49.2 Å². The molecule has 2 N–H and O–H groups in total. The minimum atomic E-state index is -0.575. The minimum Gasteiger partial charge on any atom is -1.00 e. The van der Waals surface area contributed by atoms with Crippen LogP contribution >= 0.6 is 0 Å². The smallest absolute Gasteiger partial charge is 1.00 e. The van der Waals surface area contributed by atoms with Gasteiger partial charge in [-0.3, -0.25) is 9.59 Å². The first kappa shape index (κ1) is 33.2. The molecule has 6 heteroatoms. The van der Waals surface area contributed by atoms with Gasteiger partial charge < -0.3 is 28.7 Å². The van der Waals surface area contributed by atoms with Crippen LogP contribution in [-0.4, -0.2) is 46.6 Å². The van der Waals surface area contributed by atoms with Crippen molar-refractivity contribution in [3.05, 3.63) is 5.92 Å². The quantitative estimate of drug-likeness (QED) is 0.415. The van der Waals surface area contributed by atoms with Gasteiger partial charge in [-0.05, 0) is 95.7 Å². The van der Waals surface area contributed by atoms with Crippen molar-refractivity contribution in [1.29, 1.82) is 0 Å². The molecule has 37 heavy (non-hydrogen) atoms. The number of carbonyl (C=O) groups excluding carboxylic acids is 1. The van der Waals surface area contributed by atoms with Crippen LogP contribution in [0.5, 0.6) is 0 Å². The third-order valence-electron chi connectivity index (χ3n) is 11.3. The van der Waals surface area contributed by atoms with E-state index >= 15 is 0 Å². The fourth-order valence-corrected chi connectivity index (χ4v) is 7.76. The Labute approximate surface area is 249 Å². The maximum Gasteiger partial charge on any atom is 2.00 e. The monoisotopic (exact) mass is 545 g/mol. The molecular weight excluding hydrogens is 494 g/mol. The number of amides is 1. The van der Waals surface area contributed by atoms with Crippen LogP contribution in [0.15, 0.2) is 0 Å². The summed E-state index contributed by atoms with van der Waals surface area (Å²) in [7, 11) is 0. The average molecular weight is 547 g/mol. The summed E-state index contributed by atoms with van der Waals surface area (Å²) in [6.45, 7) is 22.4. The SMILES string of the molecule is C1C23CC12C3.CC(=O)NCC12CC(C(C)(C)C)(C1)C2.CC(C)(C)C12CC(C(=O)O)(C1)C2.C[C-](C)C.[Cl-].[Mg+2]. The van der Waals surface area contributed by atoms with E-state index in [0.717, 1.165) is 36.6 Å². The molecule has 0 unspecified atom stereocenters. The molecule has 0 radical (unpaired) electrons. The van der Waals surface area contributed by atoms with Crippen molar-refractivity contribution in [3.63, 3.8) is 0 Å². The number of carboxylic acid groups (broad SMARTS) is 1. The Balaban J connectivity index is 0.000000188. The van der Waals surface area contributed by atoms with Gasteiger partial charge in [0.1, 0.15) is 0 Å². The Bertz CT molecular complexity index is 838. The van der Waals surface area contributed by atoms with E-state index in [1.165, 1.54) is 25.2 Å². The van der Waals surface area contributed by atoms with E-state index < -0.39 is 5.97 Å². The zero-order valence-electron chi connectivity index (χ0n) is 25.4. The van der Waals surface area contributed by atoms with E-state index in [2.05, 4.69) is 67.6 Å². The van der Waals surface area contributed by atoms with E-state index in [9.17, 15) is 9.59 Å². The molecule has 0 aromatic carbocycles. The second-order valence-corrected chi connectivity index (χ2v) is 16.7. The third-order valence-corrected chi connectivity index (χ3v) is 11.3. The molecule has 0 saturated heterocycles. The van der Waals surface area contributed by atoms with E-state index in [-0.39, 0.29) is 46.8 Å². The summed E-state index contributed by atoms with van der Waals surface area (Å²) in [4.78, 5) is 21.6. The maximum absolute atomic E-state index is 10.8. The zero-order chi connectivity index (χ0) is 26.5. The summed E-state index contributed by atoms with van der Waals surface area (Å²) >= 11 is 0. The summed E-state index contributed by atoms with van der Waals surface area (Å²) < 4.78 is 0. The van der Waals surface area contributed by atoms with E-state index in [0.29, 0.717) is 27.1 Å². The number of rotatable bonds is 3. The van der Waals surface area contributed by atoms with Gasteiger partial charge in [-0.15, -0.1) is 0 Å². The van der Waals surface area contributed by atoms with Gasteiger partial charge in [0.15, 0.2) is 0 Å². The van der Waals surface area contributed by atoms with Crippen LogP contribution in [-0.2, 0) is 9.59 Å². The van der Waals surface area contributed by atoms with Crippen LogP contribution in [0.2, 0.25) is 0 Å². The fourth-order valence-electron chi connectivity index (χ4n) is 7.76. The summed E-state index contributed by atoms with van der Waals surface area (Å²) in [5.41, 5.74) is 4.03. The molecule has 9 fully saturated rings. The molecule has 9 saturated carbocycles. The molecule has 0 aliphatic heterocycles. The van der Waals surface area contributed by atoms with Gasteiger partial charge in [0.25, 0.3) is 0 Å². The second-order valence-electron chi connectivity index (χ2n) is 16.7. The fraction of sp³-hybridized carbons (Fsp3) is 0.903. The van der Waals surface area contributed by atoms with Crippen molar-refractivity contribution < 1.29 is 27.1 Å². The van der Waals surface area contributed by atoms with Crippen LogP contribution in [0.4, 0.5) is 0 Å². The molecule has 208 valence electrons. The van der Waals surface area contributed by atoms with Crippen molar-refractivity contribution >= 4 is 34.9 Å². The molecule has 1 amide bonds. The normalized spacial score (nSPS) is 42.8. The summed E-state index contributed by atoms with van der Waals surface area (Å²) in [6.07, 6.45) is 11.6. The Hall–Kier alpha value is -0.00377. The van der Waals surface area contributed by atoms with E-state index in [1.807, 2.05) is 0 Å². The summed E-state index contributed by atoms with van der Waals surface area (Å²) in [5, 5.41) is 11.9. The molecule has 0 heterocycles. The number of hydrogen-bond donors (Lipinski definition) is 2. The van der Waals surface area contributed by atoms with Gasteiger partial charge in [0, 0.05) is 13.5 Å². The standard InChI is InChI=1S/C12H21NO.C10H16O2.C5H6.C4H9.ClH.Mg/c1-9(14)13-8-11-5-12(6-11,7-11)10(2,3)4;1-8(2,3)10-4-9(5-10,6-10)7(11)12;1-4-2-5(1,4)3-4;1-4(2)3;;/h5-8H2,1-4H3,(H,13,14);4-6H2,1-3H3,(H,11,12);1-3H2;1-3H3;1H;/q;;;-1;;+2/p-1. The van der Waals surface area contributed by atoms with Crippen LogP contribution < -0.4 is 17.7 Å². The van der Waals surface area contributed by atoms with Gasteiger partial charge in [-0.1, -0.05) is 41.5 Å². The van der Waals surface area contributed by atoms with Crippen LogP contribution in [0.3, 0.4) is 0 Å². The number of hydrogen-bond acceptors (Lipinski definition) is 2. The zero-order valence-corrected chi connectivity index (χ0v) is 27.6. The van der Waals surface area contributed by atoms with E-state index in [1.54, 1.807) is 26.2 Å². The Morgan fingerprint density at radius 3 is 1.27 bits per heavy atom. The van der Waals surface area contributed by atoms with Gasteiger partial charge in [0.2, 0.25) is 5.91 Å². The van der Waals surface area contributed by atoms with Crippen LogP contribution in [0.1, 0.15) is 127 Å². The largest absolute Gasteiger partial charge is 2.00 e. The minimum absolute atomic E-state index is 0. The molecule has 0 spiro atoms. The van der Waals surface area contributed by atoms with Gasteiger partial charge in [-0.2, -0.15) is 20.8 Å². The third kappa shape index (κ3) is 5.50. The molecule has 9 rings (SSSR count). The van der Waals surface area contributed by atoms with Crippen molar-refractivity contribution in [1.82, 2.24) is 5.32 Å². The number of carboxylic acids is 1. The van der Waals surface area contributed by atoms with Crippen molar-refractivity contribution in [2.75, 3.05) is 6.54 Å². The molecule has 0 aromatic heterocycles. The molecular formula is C31H52ClMgNO3. The number of halogens is 1. The van der Waals surface area contributed by atoms with Crippen molar-refractivity contribution in [2.45, 2.75) is 127 Å². The molecule has 4 nitrogen and oxygen atoms in total. The Morgan fingerprint density at radius 1 is 0.757 bits per heavy atom. The van der Waals surface area contributed by atoms with Crippen molar-refractivity contribution in [2.24, 2.45) is 43.3 Å². The molecule has 9 aliphatic rings. The maximum atomic E-state index is 10.8. The first-order valence-corrected chi connectivity index (χ1v) is 14.0. The van der Waals surface area contributed by atoms with Crippen molar-refractivity contribution in [3.8, 4) is 0 Å². The Morgan fingerprint density at radius 2 is 1.05 bits per heavy atom. The van der Waals surface area contributed by atoms with Gasteiger partial charge in [-0.25, -0.2) is 0 Å². The summed E-state index contributed by atoms with van der Waals surface area (Å²) in [5.74, 6) is 0.952. The Kier molecular flexibility index (Phi) is 8.56. The topological polar surface area (TPSA) is 66.4 Å². The second kappa shape index (κ2) is 9.54.